The van der Waals surface area contributed by atoms with E-state index in [2.05, 4.69) is 16.5 Å². The fraction of sp³-hybridized carbons (Fsp3) is 0.154. The summed E-state index contributed by atoms with van der Waals surface area (Å²) in [4.78, 5) is 12.7. The Labute approximate surface area is 193 Å². The summed E-state index contributed by atoms with van der Waals surface area (Å²) in [6.45, 7) is 9.91. The van der Waals surface area contributed by atoms with Crippen molar-refractivity contribution in [3.05, 3.63) is 94.3 Å². The average molecular weight is 446 g/mol. The first-order valence-electron chi connectivity index (χ1n) is 10.1. The Hall–Kier alpha value is -3.75. The van der Waals surface area contributed by atoms with Crippen LogP contribution in [0.5, 0.6) is 5.75 Å². The molecule has 1 aromatic heterocycles. The van der Waals surface area contributed by atoms with E-state index in [1.165, 1.54) is 0 Å². The van der Waals surface area contributed by atoms with Gasteiger partial charge in [0.05, 0.1) is 0 Å². The van der Waals surface area contributed by atoms with Gasteiger partial charge in [-0.15, -0.1) is 0 Å². The van der Waals surface area contributed by atoms with Crippen molar-refractivity contribution >= 4 is 29.3 Å². The Bertz CT molecular complexity index is 1230. The number of carbonyl (C=O) groups is 1. The molecule has 3 aromatic rings. The van der Waals surface area contributed by atoms with Gasteiger partial charge in [-0.3, -0.25) is 4.79 Å². The molecule has 1 amide bonds. The van der Waals surface area contributed by atoms with Gasteiger partial charge in [0.15, 0.2) is 0 Å². The summed E-state index contributed by atoms with van der Waals surface area (Å²) in [7, 11) is 0. The van der Waals surface area contributed by atoms with Crippen molar-refractivity contribution in [2.45, 2.75) is 20.8 Å². The lowest BCUT2D eigenvalue weighted by Gasteiger charge is -2.11. The quantitative estimate of drug-likeness (QED) is 0.269. The van der Waals surface area contributed by atoms with Gasteiger partial charge in [0.1, 0.15) is 24.0 Å². The van der Waals surface area contributed by atoms with E-state index in [9.17, 15) is 10.1 Å². The number of nitrogens with one attached hydrogen (secondary N) is 1. The largest absolute Gasteiger partial charge is 0.490 e. The number of carbonyl (C=O) groups excluding carboxylic acids is 1. The molecule has 0 aliphatic carbocycles. The number of amides is 1. The third-order valence-corrected chi connectivity index (χ3v) is 5.43. The molecule has 3 rings (SSSR count). The summed E-state index contributed by atoms with van der Waals surface area (Å²) >= 11 is 6.13. The van der Waals surface area contributed by atoms with E-state index >= 15 is 0 Å². The van der Waals surface area contributed by atoms with E-state index < -0.39 is 5.91 Å². The van der Waals surface area contributed by atoms with Crippen molar-refractivity contribution in [3.8, 4) is 17.5 Å². The molecule has 0 aliphatic heterocycles. The molecule has 2 aromatic carbocycles. The number of halogens is 1. The molecule has 0 atom stereocenters. The van der Waals surface area contributed by atoms with Crippen LogP contribution in [0.4, 0.5) is 5.69 Å². The highest BCUT2D eigenvalue weighted by molar-refractivity contribution is 6.31. The van der Waals surface area contributed by atoms with Crippen molar-refractivity contribution in [2.75, 3.05) is 11.9 Å². The van der Waals surface area contributed by atoms with E-state index in [1.54, 1.807) is 24.3 Å². The van der Waals surface area contributed by atoms with Gasteiger partial charge in [-0.1, -0.05) is 30.3 Å². The van der Waals surface area contributed by atoms with Crippen molar-refractivity contribution in [1.82, 2.24) is 4.57 Å². The van der Waals surface area contributed by atoms with Gasteiger partial charge < -0.3 is 14.6 Å². The van der Waals surface area contributed by atoms with Crippen molar-refractivity contribution in [2.24, 2.45) is 0 Å². The minimum atomic E-state index is -0.485. The second-order valence-electron chi connectivity index (χ2n) is 7.34. The Morgan fingerprint density at radius 3 is 2.53 bits per heavy atom. The molecule has 162 valence electrons. The first-order valence-corrected chi connectivity index (χ1v) is 10.4. The SMILES string of the molecule is C=CCOc1ccc(-n2c(C)cc(/C=C(/C#N)C(=O)Nc3ccc(C)c(Cl)c3)c2C)cc1. The Morgan fingerprint density at radius 2 is 1.91 bits per heavy atom. The van der Waals surface area contributed by atoms with Crippen LogP contribution in [0.25, 0.3) is 11.8 Å². The number of aryl methyl sites for hydroxylation is 2. The number of benzene rings is 2. The van der Waals surface area contributed by atoms with Crippen LogP contribution in [0.3, 0.4) is 0 Å². The molecule has 0 spiro atoms. The number of ether oxygens (including phenoxy) is 1. The van der Waals surface area contributed by atoms with Gasteiger partial charge >= 0.3 is 0 Å². The summed E-state index contributed by atoms with van der Waals surface area (Å²) in [5.74, 6) is 0.275. The lowest BCUT2D eigenvalue weighted by atomic mass is 10.1. The molecule has 1 N–H and O–H groups in total. The number of hydrogen-bond donors (Lipinski definition) is 1. The summed E-state index contributed by atoms with van der Waals surface area (Å²) in [5.41, 5.74) is 5.11. The summed E-state index contributed by atoms with van der Waals surface area (Å²) < 4.78 is 7.61. The fourth-order valence-corrected chi connectivity index (χ4v) is 3.53. The van der Waals surface area contributed by atoms with Crippen LogP contribution in [0.15, 0.2) is 66.8 Å². The highest BCUT2D eigenvalue weighted by Crippen LogP contribution is 2.25. The standard InChI is InChI=1S/C26H24ClN3O2/c1-5-12-32-24-10-8-23(9-11-24)30-18(3)13-20(19(30)4)14-21(16-28)26(31)29-22-7-6-17(2)25(27)15-22/h5-11,13-15H,1,12H2,2-4H3,(H,29,31)/b21-14-. The van der Waals surface area contributed by atoms with Crippen LogP contribution in [0.1, 0.15) is 22.5 Å². The van der Waals surface area contributed by atoms with E-state index in [-0.39, 0.29) is 5.57 Å². The van der Waals surface area contributed by atoms with Gasteiger partial charge in [0.2, 0.25) is 0 Å². The maximum Gasteiger partial charge on any atom is 0.266 e. The second-order valence-corrected chi connectivity index (χ2v) is 7.75. The zero-order chi connectivity index (χ0) is 23.3. The zero-order valence-electron chi connectivity index (χ0n) is 18.3. The molecule has 6 heteroatoms. The van der Waals surface area contributed by atoms with Crippen LogP contribution >= 0.6 is 11.6 Å². The highest BCUT2D eigenvalue weighted by Gasteiger charge is 2.14. The molecule has 0 bridgehead atoms. The van der Waals surface area contributed by atoms with Crippen LogP contribution in [-0.4, -0.2) is 17.1 Å². The van der Waals surface area contributed by atoms with Crippen molar-refractivity contribution in [3.63, 3.8) is 0 Å². The molecule has 32 heavy (non-hydrogen) atoms. The Balaban J connectivity index is 1.87. The number of aromatic nitrogens is 1. The summed E-state index contributed by atoms with van der Waals surface area (Å²) in [5, 5.41) is 12.9. The predicted octanol–water partition coefficient (Wildman–Crippen LogP) is 6.17. The number of hydrogen-bond acceptors (Lipinski definition) is 3. The molecule has 0 radical (unpaired) electrons. The second kappa shape index (κ2) is 10.0. The first-order chi connectivity index (χ1) is 15.3. The van der Waals surface area contributed by atoms with E-state index in [1.807, 2.05) is 63.2 Å². The Kier molecular flexibility index (Phi) is 7.19. The highest BCUT2D eigenvalue weighted by atomic mass is 35.5. The molecular formula is C26H24ClN3O2. The van der Waals surface area contributed by atoms with Crippen LogP contribution in [0.2, 0.25) is 5.02 Å². The molecule has 5 nitrogen and oxygen atoms in total. The monoisotopic (exact) mass is 445 g/mol. The molecule has 0 aliphatic rings. The number of nitriles is 1. The minimum Gasteiger partial charge on any atom is -0.490 e. The predicted molar refractivity (Wildman–Crippen MR) is 129 cm³/mol. The maximum atomic E-state index is 12.7. The number of nitrogens with zero attached hydrogens (tertiary/aromatic N) is 2. The molecule has 0 saturated carbocycles. The Morgan fingerprint density at radius 1 is 1.19 bits per heavy atom. The van der Waals surface area contributed by atoms with E-state index in [0.717, 1.165) is 34.0 Å². The zero-order valence-corrected chi connectivity index (χ0v) is 19.0. The number of rotatable bonds is 7. The van der Waals surface area contributed by atoms with E-state index in [4.69, 9.17) is 16.3 Å². The molecule has 0 fully saturated rings. The normalized spacial score (nSPS) is 11.0. The fourth-order valence-electron chi connectivity index (χ4n) is 3.35. The average Bonchev–Trinajstić information content (AvgIpc) is 3.06. The van der Waals surface area contributed by atoms with Crippen LogP contribution in [-0.2, 0) is 4.79 Å². The van der Waals surface area contributed by atoms with Gasteiger partial charge in [0.25, 0.3) is 5.91 Å². The van der Waals surface area contributed by atoms with Gasteiger partial charge in [-0.25, -0.2) is 0 Å². The summed E-state index contributed by atoms with van der Waals surface area (Å²) in [6, 6.07) is 16.9. The topological polar surface area (TPSA) is 67.0 Å². The molecule has 0 saturated heterocycles. The minimum absolute atomic E-state index is 0.00937. The lowest BCUT2D eigenvalue weighted by Crippen LogP contribution is -2.13. The third-order valence-electron chi connectivity index (χ3n) is 5.03. The molecule has 0 unspecified atom stereocenters. The first kappa shape index (κ1) is 22.9. The lowest BCUT2D eigenvalue weighted by molar-refractivity contribution is -0.112. The van der Waals surface area contributed by atoms with Gasteiger partial charge in [-0.05, 0) is 80.4 Å². The van der Waals surface area contributed by atoms with Crippen LogP contribution in [0, 0.1) is 32.1 Å². The third kappa shape index (κ3) is 5.11. The van der Waals surface area contributed by atoms with Crippen molar-refractivity contribution in [1.29, 1.82) is 5.26 Å². The smallest absolute Gasteiger partial charge is 0.266 e. The number of anilines is 1. The summed E-state index contributed by atoms with van der Waals surface area (Å²) in [6.07, 6.45) is 3.30. The van der Waals surface area contributed by atoms with Crippen LogP contribution < -0.4 is 10.1 Å². The molecular weight excluding hydrogens is 422 g/mol. The van der Waals surface area contributed by atoms with E-state index in [0.29, 0.717) is 17.3 Å². The van der Waals surface area contributed by atoms with Crippen molar-refractivity contribution < 1.29 is 9.53 Å². The molecule has 1 heterocycles. The maximum absolute atomic E-state index is 12.7. The van der Waals surface area contributed by atoms with Gasteiger partial charge in [-0.2, -0.15) is 5.26 Å². The van der Waals surface area contributed by atoms with Gasteiger partial charge in [0, 0.05) is 27.8 Å².